The fourth-order valence-electron chi connectivity index (χ4n) is 1.78. The van der Waals surface area contributed by atoms with Gasteiger partial charge in [0.25, 0.3) is 5.91 Å². The molecule has 0 aromatic heterocycles. The number of aryl methyl sites for hydroxylation is 1. The maximum atomic E-state index is 13.2. The SMILES string of the molecule is COc1ccc(C)cc1NC(=O)c1cc(F)ccc1Br. The fourth-order valence-corrected chi connectivity index (χ4v) is 2.21. The van der Waals surface area contributed by atoms with E-state index in [4.69, 9.17) is 4.74 Å². The summed E-state index contributed by atoms with van der Waals surface area (Å²) in [4.78, 5) is 12.2. The van der Waals surface area contributed by atoms with Crippen LogP contribution in [0.3, 0.4) is 0 Å². The van der Waals surface area contributed by atoms with Crippen molar-refractivity contribution in [1.82, 2.24) is 0 Å². The highest BCUT2D eigenvalue weighted by atomic mass is 79.9. The van der Waals surface area contributed by atoms with E-state index in [-0.39, 0.29) is 5.56 Å². The van der Waals surface area contributed by atoms with Gasteiger partial charge in [0.05, 0.1) is 18.4 Å². The standard InChI is InChI=1S/C15H13BrFNO2/c1-9-3-6-14(20-2)13(7-9)18-15(19)11-8-10(17)4-5-12(11)16/h3-8H,1-2H3,(H,18,19). The maximum Gasteiger partial charge on any atom is 0.257 e. The van der Waals surface area contributed by atoms with Crippen molar-refractivity contribution in [3.8, 4) is 5.75 Å². The molecule has 0 aliphatic heterocycles. The van der Waals surface area contributed by atoms with Gasteiger partial charge in [-0.15, -0.1) is 0 Å². The Hall–Kier alpha value is -1.88. The second-order valence-corrected chi connectivity index (χ2v) is 5.14. The van der Waals surface area contributed by atoms with E-state index in [1.807, 2.05) is 13.0 Å². The van der Waals surface area contributed by atoms with E-state index in [0.717, 1.165) is 5.56 Å². The van der Waals surface area contributed by atoms with Gasteiger partial charge in [0.2, 0.25) is 0 Å². The molecule has 0 saturated heterocycles. The molecule has 0 aliphatic rings. The molecular weight excluding hydrogens is 325 g/mol. The van der Waals surface area contributed by atoms with Crippen LogP contribution in [0.15, 0.2) is 40.9 Å². The van der Waals surface area contributed by atoms with Crippen LogP contribution in [0.1, 0.15) is 15.9 Å². The minimum atomic E-state index is -0.463. The fraction of sp³-hybridized carbons (Fsp3) is 0.133. The Labute approximate surface area is 124 Å². The first kappa shape index (κ1) is 14.5. The van der Waals surface area contributed by atoms with Crippen LogP contribution in [-0.4, -0.2) is 13.0 Å². The average molecular weight is 338 g/mol. The zero-order valence-corrected chi connectivity index (χ0v) is 12.6. The van der Waals surface area contributed by atoms with Crippen LogP contribution in [0.4, 0.5) is 10.1 Å². The number of hydrogen-bond acceptors (Lipinski definition) is 2. The third-order valence-electron chi connectivity index (χ3n) is 2.78. The molecule has 0 aliphatic carbocycles. The van der Waals surface area contributed by atoms with Gasteiger partial charge in [-0.2, -0.15) is 0 Å². The van der Waals surface area contributed by atoms with Gasteiger partial charge in [0.1, 0.15) is 11.6 Å². The number of benzene rings is 2. The molecule has 2 aromatic rings. The highest BCUT2D eigenvalue weighted by molar-refractivity contribution is 9.10. The van der Waals surface area contributed by atoms with Gasteiger partial charge in [-0.3, -0.25) is 4.79 Å². The van der Waals surface area contributed by atoms with Crippen molar-refractivity contribution in [2.45, 2.75) is 6.92 Å². The van der Waals surface area contributed by atoms with Crippen LogP contribution in [0.25, 0.3) is 0 Å². The van der Waals surface area contributed by atoms with Crippen LogP contribution in [0, 0.1) is 12.7 Å². The van der Waals surface area contributed by atoms with Crippen molar-refractivity contribution in [2.75, 3.05) is 12.4 Å². The lowest BCUT2D eigenvalue weighted by Crippen LogP contribution is -2.13. The molecule has 2 rings (SSSR count). The van der Waals surface area contributed by atoms with E-state index in [9.17, 15) is 9.18 Å². The predicted octanol–water partition coefficient (Wildman–Crippen LogP) is 4.16. The molecule has 104 valence electrons. The van der Waals surface area contributed by atoms with Gasteiger partial charge in [-0.1, -0.05) is 6.07 Å². The van der Waals surface area contributed by atoms with Crippen LogP contribution in [0.2, 0.25) is 0 Å². The van der Waals surface area contributed by atoms with Crippen molar-refractivity contribution >= 4 is 27.5 Å². The number of nitrogens with one attached hydrogen (secondary N) is 1. The lowest BCUT2D eigenvalue weighted by molar-refractivity contribution is 0.102. The molecular formula is C15H13BrFNO2. The number of ether oxygens (including phenoxy) is 1. The number of carbonyl (C=O) groups excluding carboxylic acids is 1. The molecule has 5 heteroatoms. The quantitative estimate of drug-likeness (QED) is 0.913. The van der Waals surface area contributed by atoms with Crippen molar-refractivity contribution in [1.29, 1.82) is 0 Å². The van der Waals surface area contributed by atoms with Crippen LogP contribution < -0.4 is 10.1 Å². The molecule has 0 atom stereocenters. The Bertz CT molecular complexity index is 658. The Kier molecular flexibility index (Phi) is 4.39. The number of anilines is 1. The number of methoxy groups -OCH3 is 1. The summed E-state index contributed by atoms with van der Waals surface area (Å²) in [6, 6.07) is 9.41. The van der Waals surface area contributed by atoms with Crippen LogP contribution in [0.5, 0.6) is 5.75 Å². The number of carbonyl (C=O) groups is 1. The molecule has 2 aromatic carbocycles. The average Bonchev–Trinajstić information content (AvgIpc) is 2.41. The van der Waals surface area contributed by atoms with Crippen molar-refractivity contribution in [3.05, 3.63) is 57.8 Å². The summed E-state index contributed by atoms with van der Waals surface area (Å²) in [6.45, 7) is 1.91. The van der Waals surface area contributed by atoms with Gasteiger partial charge in [0, 0.05) is 4.47 Å². The molecule has 1 N–H and O–H groups in total. The van der Waals surface area contributed by atoms with E-state index in [1.165, 1.54) is 25.3 Å². The highest BCUT2D eigenvalue weighted by Crippen LogP contribution is 2.27. The van der Waals surface area contributed by atoms with E-state index in [2.05, 4.69) is 21.2 Å². The van der Waals surface area contributed by atoms with Crippen molar-refractivity contribution < 1.29 is 13.9 Å². The third-order valence-corrected chi connectivity index (χ3v) is 3.47. The van der Waals surface area contributed by atoms with Crippen LogP contribution >= 0.6 is 15.9 Å². The summed E-state index contributed by atoms with van der Waals surface area (Å²) in [7, 11) is 1.53. The van der Waals surface area contributed by atoms with E-state index >= 15 is 0 Å². The number of halogens is 2. The topological polar surface area (TPSA) is 38.3 Å². The summed E-state index contributed by atoms with van der Waals surface area (Å²) in [5.74, 6) is -0.314. The van der Waals surface area contributed by atoms with Crippen molar-refractivity contribution in [3.63, 3.8) is 0 Å². The summed E-state index contributed by atoms with van der Waals surface area (Å²) < 4.78 is 19.0. The number of rotatable bonds is 3. The molecule has 0 heterocycles. The molecule has 3 nitrogen and oxygen atoms in total. The summed E-state index contributed by atoms with van der Waals surface area (Å²) >= 11 is 3.24. The number of hydrogen-bond donors (Lipinski definition) is 1. The molecule has 0 saturated carbocycles. The van der Waals surface area contributed by atoms with Gasteiger partial charge in [0.15, 0.2) is 0 Å². The van der Waals surface area contributed by atoms with Gasteiger partial charge in [-0.25, -0.2) is 4.39 Å². The molecule has 0 unspecified atom stereocenters. The molecule has 20 heavy (non-hydrogen) atoms. The highest BCUT2D eigenvalue weighted by Gasteiger charge is 2.13. The van der Waals surface area contributed by atoms with E-state index < -0.39 is 11.7 Å². The minimum Gasteiger partial charge on any atom is -0.495 e. The minimum absolute atomic E-state index is 0.230. The Balaban J connectivity index is 2.32. The second kappa shape index (κ2) is 6.05. The summed E-state index contributed by atoms with van der Waals surface area (Å²) in [6.07, 6.45) is 0. The predicted molar refractivity (Wildman–Crippen MR) is 79.8 cm³/mol. The van der Waals surface area contributed by atoms with E-state index in [0.29, 0.717) is 15.9 Å². The zero-order chi connectivity index (χ0) is 14.7. The lowest BCUT2D eigenvalue weighted by Gasteiger charge is -2.11. The second-order valence-electron chi connectivity index (χ2n) is 4.28. The number of amides is 1. The van der Waals surface area contributed by atoms with Gasteiger partial charge < -0.3 is 10.1 Å². The van der Waals surface area contributed by atoms with Crippen molar-refractivity contribution in [2.24, 2.45) is 0 Å². The van der Waals surface area contributed by atoms with Gasteiger partial charge >= 0.3 is 0 Å². The normalized spacial score (nSPS) is 10.2. The van der Waals surface area contributed by atoms with Crippen LogP contribution in [-0.2, 0) is 0 Å². The Morgan fingerprint density at radius 1 is 1.25 bits per heavy atom. The lowest BCUT2D eigenvalue weighted by atomic mass is 10.1. The van der Waals surface area contributed by atoms with E-state index in [1.54, 1.807) is 12.1 Å². The first-order valence-electron chi connectivity index (χ1n) is 5.92. The Morgan fingerprint density at radius 3 is 2.70 bits per heavy atom. The van der Waals surface area contributed by atoms with Gasteiger partial charge in [-0.05, 0) is 58.7 Å². The summed E-state index contributed by atoms with van der Waals surface area (Å²) in [5.41, 5.74) is 1.77. The molecule has 0 radical (unpaired) electrons. The molecule has 0 bridgehead atoms. The summed E-state index contributed by atoms with van der Waals surface area (Å²) in [5, 5.41) is 2.73. The molecule has 1 amide bonds. The monoisotopic (exact) mass is 337 g/mol. The smallest absolute Gasteiger partial charge is 0.257 e. The zero-order valence-electron chi connectivity index (χ0n) is 11.0. The Morgan fingerprint density at radius 2 is 2.00 bits per heavy atom. The third kappa shape index (κ3) is 3.17. The first-order chi connectivity index (χ1) is 9.51. The maximum absolute atomic E-state index is 13.2. The molecule has 0 fully saturated rings. The first-order valence-corrected chi connectivity index (χ1v) is 6.71. The molecule has 0 spiro atoms. The largest absolute Gasteiger partial charge is 0.495 e.